The third kappa shape index (κ3) is 3.20. The van der Waals surface area contributed by atoms with E-state index in [1.165, 1.54) is 17.7 Å². The maximum absolute atomic E-state index is 13.5. The maximum Gasteiger partial charge on any atom is 0.380 e. The molecule has 3 rings (SSSR count). The Hall–Kier alpha value is -3.10. The fraction of sp³-hybridized carbons (Fsp3) is 0.333. The highest BCUT2D eigenvalue weighted by Crippen LogP contribution is 2.28. The zero-order chi connectivity index (χ0) is 19.9. The van der Waals surface area contributed by atoms with Gasteiger partial charge in [0.1, 0.15) is 0 Å². The lowest BCUT2D eigenvalue weighted by Gasteiger charge is -2.14. The molecular weight excluding hydrogens is 358 g/mol. The normalized spacial score (nSPS) is 12.6. The zero-order valence-electron chi connectivity index (χ0n) is 15.2. The van der Waals surface area contributed by atoms with Crippen molar-refractivity contribution in [2.75, 3.05) is 0 Å². The van der Waals surface area contributed by atoms with Crippen LogP contribution in [-0.2, 0) is 16.6 Å². The lowest BCUT2D eigenvalue weighted by Crippen LogP contribution is -2.22. The summed E-state index contributed by atoms with van der Waals surface area (Å²) in [4.78, 5) is 28.9. The summed E-state index contributed by atoms with van der Waals surface area (Å²) in [5, 5.41) is 4.09. The standard InChI is InChI=1S/C18H18F2N4O3/c1-9-14(10(2)23(4)22-9)15(25)17(26)27-11(3)16-21-12-7-5-6-8-13(12)24(16)18(19)20/h5-8,11,18H,1-4H3. The first-order chi connectivity index (χ1) is 12.7. The van der Waals surface area contributed by atoms with Gasteiger partial charge >= 0.3 is 12.5 Å². The number of aromatic nitrogens is 4. The molecule has 0 amide bonds. The summed E-state index contributed by atoms with van der Waals surface area (Å²) < 4.78 is 34.4. The van der Waals surface area contributed by atoms with Gasteiger partial charge in [-0.05, 0) is 32.9 Å². The van der Waals surface area contributed by atoms with E-state index in [2.05, 4.69) is 10.1 Å². The van der Waals surface area contributed by atoms with E-state index in [0.717, 1.165) is 0 Å². The van der Waals surface area contributed by atoms with Crippen LogP contribution >= 0.6 is 0 Å². The Bertz CT molecular complexity index is 1040. The van der Waals surface area contributed by atoms with Crippen molar-refractivity contribution in [2.24, 2.45) is 7.05 Å². The molecule has 0 fully saturated rings. The molecule has 0 aliphatic carbocycles. The number of alkyl halides is 2. The van der Waals surface area contributed by atoms with Crippen molar-refractivity contribution in [3.8, 4) is 0 Å². The lowest BCUT2D eigenvalue weighted by atomic mass is 10.1. The van der Waals surface area contributed by atoms with Crippen molar-refractivity contribution in [3.05, 3.63) is 47.0 Å². The highest BCUT2D eigenvalue weighted by atomic mass is 19.3. The van der Waals surface area contributed by atoms with Crippen molar-refractivity contribution in [1.29, 1.82) is 0 Å². The zero-order valence-corrected chi connectivity index (χ0v) is 15.2. The Morgan fingerprint density at radius 2 is 1.85 bits per heavy atom. The molecule has 7 nitrogen and oxygen atoms in total. The van der Waals surface area contributed by atoms with Crippen molar-refractivity contribution < 1.29 is 23.1 Å². The number of ether oxygens (including phenoxy) is 1. The van der Waals surface area contributed by atoms with E-state index in [9.17, 15) is 18.4 Å². The molecule has 0 radical (unpaired) electrons. The predicted molar refractivity (Wildman–Crippen MR) is 92.5 cm³/mol. The third-order valence-corrected chi connectivity index (χ3v) is 4.39. The van der Waals surface area contributed by atoms with Crippen LogP contribution in [0.3, 0.4) is 0 Å². The van der Waals surface area contributed by atoms with Crippen LogP contribution in [0, 0.1) is 13.8 Å². The fourth-order valence-corrected chi connectivity index (χ4v) is 3.03. The number of carbonyl (C=O) groups is 2. The second-order valence-corrected chi connectivity index (χ2v) is 6.15. The van der Waals surface area contributed by atoms with Gasteiger partial charge in [0.15, 0.2) is 11.9 Å². The van der Waals surface area contributed by atoms with Crippen LogP contribution in [0.2, 0.25) is 0 Å². The van der Waals surface area contributed by atoms with E-state index in [1.807, 2.05) is 0 Å². The summed E-state index contributed by atoms with van der Waals surface area (Å²) in [5.74, 6) is -2.15. The lowest BCUT2D eigenvalue weighted by molar-refractivity contribution is -0.143. The van der Waals surface area contributed by atoms with Crippen LogP contribution in [0.25, 0.3) is 11.0 Å². The molecule has 1 atom stereocenters. The number of ketones is 1. The number of Topliss-reactive ketones (excluding diaryl/α,β-unsaturated/α-hetero) is 1. The first-order valence-corrected chi connectivity index (χ1v) is 8.22. The Kier molecular flexibility index (Phi) is 4.77. The molecule has 1 aromatic carbocycles. The Morgan fingerprint density at radius 1 is 1.19 bits per heavy atom. The molecule has 142 valence electrons. The number of para-hydroxylation sites is 2. The summed E-state index contributed by atoms with van der Waals surface area (Å²) in [5.41, 5.74) is 1.63. The van der Waals surface area contributed by atoms with Crippen molar-refractivity contribution >= 4 is 22.8 Å². The monoisotopic (exact) mass is 376 g/mol. The summed E-state index contributed by atoms with van der Waals surface area (Å²) >= 11 is 0. The highest BCUT2D eigenvalue weighted by Gasteiger charge is 2.29. The van der Waals surface area contributed by atoms with Gasteiger partial charge in [-0.3, -0.25) is 14.0 Å². The van der Waals surface area contributed by atoms with Crippen LogP contribution in [0.1, 0.15) is 47.1 Å². The van der Waals surface area contributed by atoms with Crippen LogP contribution in [0.15, 0.2) is 24.3 Å². The first kappa shape index (κ1) is 18.7. The van der Waals surface area contributed by atoms with Crippen LogP contribution in [0.4, 0.5) is 8.78 Å². The molecule has 0 saturated heterocycles. The smallest absolute Gasteiger partial charge is 0.380 e. The minimum atomic E-state index is -2.87. The minimum absolute atomic E-state index is 0.132. The van der Waals surface area contributed by atoms with E-state index in [0.29, 0.717) is 21.5 Å². The molecule has 2 heterocycles. The molecule has 0 spiro atoms. The van der Waals surface area contributed by atoms with Crippen LogP contribution < -0.4 is 0 Å². The van der Waals surface area contributed by atoms with Crippen molar-refractivity contribution in [3.63, 3.8) is 0 Å². The first-order valence-electron chi connectivity index (χ1n) is 8.22. The van der Waals surface area contributed by atoms with Crippen molar-refractivity contribution in [1.82, 2.24) is 19.3 Å². The molecule has 0 aliphatic rings. The number of esters is 1. The number of halogens is 2. The SMILES string of the molecule is Cc1nn(C)c(C)c1C(=O)C(=O)OC(C)c1nc2ccccc2n1C(F)F. The van der Waals surface area contributed by atoms with E-state index in [4.69, 9.17) is 4.74 Å². The summed E-state index contributed by atoms with van der Waals surface area (Å²) in [6.45, 7) is 1.79. The Labute approximate surface area is 153 Å². The second kappa shape index (κ2) is 6.90. The molecule has 3 aromatic rings. The van der Waals surface area contributed by atoms with E-state index in [1.54, 1.807) is 39.1 Å². The maximum atomic E-state index is 13.5. The number of aryl methyl sites for hydroxylation is 2. The average molecular weight is 376 g/mol. The summed E-state index contributed by atoms with van der Waals surface area (Å²) in [7, 11) is 1.65. The Balaban J connectivity index is 1.90. The van der Waals surface area contributed by atoms with Gasteiger partial charge in [0.05, 0.1) is 22.3 Å². The molecule has 27 heavy (non-hydrogen) atoms. The number of benzene rings is 1. The number of hydrogen-bond acceptors (Lipinski definition) is 5. The molecular formula is C18H18F2N4O3. The topological polar surface area (TPSA) is 79.0 Å². The quantitative estimate of drug-likeness (QED) is 0.388. The molecule has 1 unspecified atom stereocenters. The minimum Gasteiger partial charge on any atom is -0.448 e. The predicted octanol–water partition coefficient (Wildman–Crippen LogP) is 3.27. The van der Waals surface area contributed by atoms with Gasteiger partial charge in [0, 0.05) is 12.7 Å². The molecule has 9 heteroatoms. The number of rotatable bonds is 5. The number of hydrogen-bond donors (Lipinski definition) is 0. The van der Waals surface area contributed by atoms with Gasteiger partial charge in [-0.15, -0.1) is 0 Å². The summed E-state index contributed by atoms with van der Waals surface area (Å²) in [6, 6.07) is 6.36. The van der Waals surface area contributed by atoms with Gasteiger partial charge in [0.25, 0.3) is 5.78 Å². The number of fused-ring (bicyclic) bond motifs is 1. The van der Waals surface area contributed by atoms with Gasteiger partial charge in [-0.2, -0.15) is 13.9 Å². The van der Waals surface area contributed by atoms with E-state index >= 15 is 0 Å². The highest BCUT2D eigenvalue weighted by molar-refractivity contribution is 6.41. The second-order valence-electron chi connectivity index (χ2n) is 6.15. The molecule has 0 saturated carbocycles. The van der Waals surface area contributed by atoms with E-state index in [-0.39, 0.29) is 16.9 Å². The molecule has 0 aliphatic heterocycles. The van der Waals surface area contributed by atoms with Gasteiger partial charge in [-0.1, -0.05) is 12.1 Å². The fourth-order valence-electron chi connectivity index (χ4n) is 3.03. The summed E-state index contributed by atoms with van der Waals surface area (Å²) in [6.07, 6.45) is -1.14. The van der Waals surface area contributed by atoms with Gasteiger partial charge < -0.3 is 4.74 Å². The van der Waals surface area contributed by atoms with Crippen LogP contribution in [0.5, 0.6) is 0 Å². The third-order valence-electron chi connectivity index (χ3n) is 4.39. The molecule has 0 N–H and O–H groups in total. The van der Waals surface area contributed by atoms with E-state index < -0.39 is 24.4 Å². The largest absolute Gasteiger partial charge is 0.448 e. The number of nitrogens with zero attached hydrogens (tertiary/aromatic N) is 4. The number of imidazole rings is 1. The Morgan fingerprint density at radius 3 is 2.44 bits per heavy atom. The molecule has 0 bridgehead atoms. The van der Waals surface area contributed by atoms with Crippen LogP contribution in [-0.4, -0.2) is 31.1 Å². The number of carbonyl (C=O) groups excluding carboxylic acids is 2. The van der Waals surface area contributed by atoms with Crippen molar-refractivity contribution in [2.45, 2.75) is 33.4 Å². The average Bonchev–Trinajstić information content (AvgIpc) is 3.12. The van der Waals surface area contributed by atoms with Gasteiger partial charge in [-0.25, -0.2) is 9.78 Å². The molecule has 2 aromatic heterocycles. The van der Waals surface area contributed by atoms with Gasteiger partial charge in [0.2, 0.25) is 0 Å².